The molecule has 7 nitrogen and oxygen atoms in total. The molecule has 0 saturated heterocycles. The second-order valence-electron chi connectivity index (χ2n) is 4.70. The molecular formula is C12H22F3N5O2. The van der Waals surface area contributed by atoms with Crippen LogP contribution in [0.25, 0.3) is 0 Å². The summed E-state index contributed by atoms with van der Waals surface area (Å²) in [7, 11) is 4.23. The van der Waals surface area contributed by atoms with Gasteiger partial charge in [0.15, 0.2) is 5.96 Å². The summed E-state index contributed by atoms with van der Waals surface area (Å²) in [5.74, 6) is -0.786. The summed E-state index contributed by atoms with van der Waals surface area (Å²) < 4.78 is 36.5. The first kappa shape index (κ1) is 20.0. The van der Waals surface area contributed by atoms with E-state index in [1.165, 1.54) is 4.90 Å². The molecule has 0 bridgehead atoms. The SMILES string of the molecule is CCNC(=NCC(=O)N(C)CC(F)(F)F)NCC(=O)N(C)C. The number of amides is 2. The van der Waals surface area contributed by atoms with E-state index in [9.17, 15) is 22.8 Å². The Morgan fingerprint density at radius 1 is 1.09 bits per heavy atom. The van der Waals surface area contributed by atoms with Crippen molar-refractivity contribution in [3.63, 3.8) is 0 Å². The van der Waals surface area contributed by atoms with Gasteiger partial charge in [0.05, 0.1) is 6.54 Å². The van der Waals surface area contributed by atoms with Crippen LogP contribution in [0.2, 0.25) is 0 Å². The van der Waals surface area contributed by atoms with Gasteiger partial charge in [0, 0.05) is 27.7 Å². The van der Waals surface area contributed by atoms with Crippen LogP contribution in [-0.2, 0) is 9.59 Å². The average molecular weight is 325 g/mol. The van der Waals surface area contributed by atoms with Crippen LogP contribution in [0.5, 0.6) is 0 Å². The summed E-state index contributed by atoms with van der Waals surface area (Å²) in [6.07, 6.45) is -4.45. The van der Waals surface area contributed by atoms with Crippen molar-refractivity contribution in [3.8, 4) is 0 Å². The van der Waals surface area contributed by atoms with Gasteiger partial charge in [-0.15, -0.1) is 0 Å². The van der Waals surface area contributed by atoms with E-state index in [-0.39, 0.29) is 18.4 Å². The molecule has 0 atom stereocenters. The van der Waals surface area contributed by atoms with Gasteiger partial charge in [0.1, 0.15) is 13.1 Å². The van der Waals surface area contributed by atoms with Crippen LogP contribution in [0.15, 0.2) is 4.99 Å². The molecule has 0 unspecified atom stereocenters. The molecule has 2 N–H and O–H groups in total. The first-order chi connectivity index (χ1) is 10.1. The van der Waals surface area contributed by atoms with Crippen molar-refractivity contribution in [2.24, 2.45) is 4.99 Å². The van der Waals surface area contributed by atoms with Gasteiger partial charge in [0.25, 0.3) is 0 Å². The fourth-order valence-corrected chi connectivity index (χ4v) is 1.28. The molecule has 0 saturated carbocycles. The number of guanidine groups is 1. The van der Waals surface area contributed by atoms with Crippen molar-refractivity contribution >= 4 is 17.8 Å². The summed E-state index contributed by atoms with van der Waals surface area (Å²) in [6.45, 7) is 0.449. The Balaban J connectivity index is 4.53. The lowest BCUT2D eigenvalue weighted by Crippen LogP contribution is -2.43. The molecule has 0 aromatic rings. The van der Waals surface area contributed by atoms with E-state index in [1.807, 2.05) is 0 Å². The molecule has 0 fully saturated rings. The smallest absolute Gasteiger partial charge is 0.357 e. The average Bonchev–Trinajstić information content (AvgIpc) is 2.38. The molecule has 10 heteroatoms. The zero-order valence-electron chi connectivity index (χ0n) is 13.1. The Morgan fingerprint density at radius 2 is 1.68 bits per heavy atom. The minimum absolute atomic E-state index is 0.0363. The molecule has 0 heterocycles. The molecule has 0 aromatic carbocycles. The maximum absolute atomic E-state index is 12.2. The number of likely N-dealkylation sites (N-methyl/N-ethyl adjacent to an activating group) is 2. The quantitative estimate of drug-likeness (QED) is 0.517. The van der Waals surface area contributed by atoms with Gasteiger partial charge in [0.2, 0.25) is 11.8 Å². The minimum Gasteiger partial charge on any atom is -0.357 e. The number of carbonyl (C=O) groups is 2. The Bertz CT molecular complexity index is 410. The van der Waals surface area contributed by atoms with Gasteiger partial charge < -0.3 is 20.4 Å². The maximum atomic E-state index is 12.2. The van der Waals surface area contributed by atoms with Crippen LogP contribution in [0.1, 0.15) is 6.92 Å². The highest BCUT2D eigenvalue weighted by Crippen LogP contribution is 2.15. The zero-order valence-corrected chi connectivity index (χ0v) is 13.1. The standard InChI is InChI=1S/C12H22F3N5O2/c1-5-16-11(17-6-9(21)19(2)3)18-7-10(22)20(4)8-12(13,14)15/h5-8H2,1-4H3,(H2,16,17,18). The highest BCUT2D eigenvalue weighted by atomic mass is 19.4. The monoisotopic (exact) mass is 325 g/mol. The summed E-state index contributed by atoms with van der Waals surface area (Å²) in [5.41, 5.74) is 0. The summed E-state index contributed by atoms with van der Waals surface area (Å²) >= 11 is 0. The molecule has 0 aliphatic carbocycles. The van der Waals surface area contributed by atoms with Gasteiger partial charge in [-0.3, -0.25) is 9.59 Å². The lowest BCUT2D eigenvalue weighted by Gasteiger charge is -2.18. The number of hydrogen-bond acceptors (Lipinski definition) is 3. The Kier molecular flexibility index (Phi) is 8.28. The van der Waals surface area contributed by atoms with Gasteiger partial charge >= 0.3 is 6.18 Å². The van der Waals surface area contributed by atoms with Crippen LogP contribution in [0.3, 0.4) is 0 Å². The fraction of sp³-hybridized carbons (Fsp3) is 0.750. The molecule has 0 rings (SSSR count). The molecule has 0 aromatic heterocycles. The Morgan fingerprint density at radius 3 is 2.14 bits per heavy atom. The molecule has 128 valence electrons. The number of halogens is 3. The Hall–Kier alpha value is -2.00. The second kappa shape index (κ2) is 9.11. The van der Waals surface area contributed by atoms with Crippen molar-refractivity contribution in [2.75, 3.05) is 47.3 Å². The third kappa shape index (κ3) is 9.03. The zero-order chi connectivity index (χ0) is 17.3. The van der Waals surface area contributed by atoms with Gasteiger partial charge in [-0.05, 0) is 6.92 Å². The third-order valence-electron chi connectivity index (χ3n) is 2.46. The lowest BCUT2D eigenvalue weighted by molar-refractivity contribution is -0.157. The first-order valence-corrected chi connectivity index (χ1v) is 6.59. The Labute approximate surface area is 127 Å². The number of alkyl halides is 3. The van der Waals surface area contributed by atoms with E-state index in [1.54, 1.807) is 21.0 Å². The van der Waals surface area contributed by atoms with Crippen LogP contribution in [0.4, 0.5) is 13.2 Å². The number of carbonyl (C=O) groups excluding carboxylic acids is 2. The van der Waals surface area contributed by atoms with Crippen LogP contribution in [-0.4, -0.2) is 81.1 Å². The predicted molar refractivity (Wildman–Crippen MR) is 76.4 cm³/mol. The largest absolute Gasteiger partial charge is 0.406 e. The van der Waals surface area contributed by atoms with Crippen molar-refractivity contribution in [2.45, 2.75) is 13.1 Å². The highest BCUT2D eigenvalue weighted by molar-refractivity contribution is 5.88. The van der Waals surface area contributed by atoms with Gasteiger partial charge in [-0.25, -0.2) is 4.99 Å². The number of hydrogen-bond donors (Lipinski definition) is 2. The number of nitrogens with zero attached hydrogens (tertiary/aromatic N) is 3. The van der Waals surface area contributed by atoms with Gasteiger partial charge in [-0.2, -0.15) is 13.2 Å². The van der Waals surface area contributed by atoms with Crippen molar-refractivity contribution in [3.05, 3.63) is 0 Å². The normalized spacial score (nSPS) is 11.9. The lowest BCUT2D eigenvalue weighted by atomic mass is 10.4. The number of rotatable bonds is 6. The summed E-state index contributed by atoms with van der Waals surface area (Å²) in [6, 6.07) is 0. The van der Waals surface area contributed by atoms with Crippen molar-refractivity contribution in [1.82, 2.24) is 20.4 Å². The van der Waals surface area contributed by atoms with E-state index in [4.69, 9.17) is 0 Å². The molecule has 0 radical (unpaired) electrons. The fourth-order valence-electron chi connectivity index (χ4n) is 1.28. The summed E-state index contributed by atoms with van der Waals surface area (Å²) in [4.78, 5) is 28.8. The molecular weight excluding hydrogens is 303 g/mol. The maximum Gasteiger partial charge on any atom is 0.406 e. The molecule has 0 aliphatic heterocycles. The molecule has 22 heavy (non-hydrogen) atoms. The molecule has 2 amide bonds. The molecule has 0 aliphatic rings. The second-order valence-corrected chi connectivity index (χ2v) is 4.70. The van der Waals surface area contributed by atoms with E-state index in [0.29, 0.717) is 11.4 Å². The van der Waals surface area contributed by atoms with Crippen molar-refractivity contribution < 1.29 is 22.8 Å². The highest BCUT2D eigenvalue weighted by Gasteiger charge is 2.31. The van der Waals surface area contributed by atoms with E-state index >= 15 is 0 Å². The van der Waals surface area contributed by atoms with E-state index in [2.05, 4.69) is 15.6 Å². The van der Waals surface area contributed by atoms with Crippen molar-refractivity contribution in [1.29, 1.82) is 0 Å². The predicted octanol–water partition coefficient (Wildman–Crippen LogP) is -0.350. The summed E-state index contributed by atoms with van der Waals surface area (Å²) in [5, 5.41) is 5.49. The van der Waals surface area contributed by atoms with E-state index < -0.39 is 25.2 Å². The van der Waals surface area contributed by atoms with E-state index in [0.717, 1.165) is 7.05 Å². The topological polar surface area (TPSA) is 77.0 Å². The minimum atomic E-state index is -4.45. The number of nitrogens with one attached hydrogen (secondary N) is 2. The van der Waals surface area contributed by atoms with Gasteiger partial charge in [-0.1, -0.05) is 0 Å². The number of aliphatic imine (C=N–C) groups is 1. The van der Waals surface area contributed by atoms with Crippen LogP contribution < -0.4 is 10.6 Å². The van der Waals surface area contributed by atoms with Crippen LogP contribution in [0, 0.1) is 0 Å². The first-order valence-electron chi connectivity index (χ1n) is 6.59. The van der Waals surface area contributed by atoms with Crippen LogP contribution >= 0.6 is 0 Å². The molecule has 0 spiro atoms. The third-order valence-corrected chi connectivity index (χ3v) is 2.46.